The summed E-state index contributed by atoms with van der Waals surface area (Å²) >= 11 is 10.7. The highest BCUT2D eigenvalue weighted by Crippen LogP contribution is 2.32. The summed E-state index contributed by atoms with van der Waals surface area (Å²) in [6.07, 6.45) is 0. The number of nitrogens with one attached hydrogen (secondary N) is 1. The number of hydrogen-bond donors (Lipinski definition) is 2. The van der Waals surface area contributed by atoms with Crippen LogP contribution < -0.4 is 5.32 Å². The van der Waals surface area contributed by atoms with Crippen molar-refractivity contribution in [1.29, 1.82) is 0 Å². The molecule has 0 fully saturated rings. The number of aliphatic carboxylic acids is 1. The van der Waals surface area contributed by atoms with Crippen LogP contribution in [0.4, 0.5) is 10.8 Å². The highest BCUT2D eigenvalue weighted by Gasteiger charge is 2.32. The van der Waals surface area contributed by atoms with Gasteiger partial charge in [-0.1, -0.05) is 11.6 Å². The van der Waals surface area contributed by atoms with Crippen LogP contribution in [0.5, 0.6) is 0 Å². The van der Waals surface area contributed by atoms with Crippen LogP contribution in [0, 0.1) is 0 Å². The molecular weight excluding hydrogens is 364 g/mol. The van der Waals surface area contributed by atoms with Crippen molar-refractivity contribution in [2.75, 3.05) is 5.32 Å². The molecule has 0 aliphatic heterocycles. The third-order valence-corrected chi connectivity index (χ3v) is 4.53. The first-order valence-corrected chi connectivity index (χ1v) is 7.77. The number of thiazole rings is 1. The van der Waals surface area contributed by atoms with Gasteiger partial charge in [-0.15, -0.1) is 11.3 Å². The molecule has 0 unspecified atom stereocenters. The third kappa shape index (κ3) is 3.13. The summed E-state index contributed by atoms with van der Waals surface area (Å²) < 4.78 is 0.858. The molecule has 1 aromatic heterocycles. The first kappa shape index (κ1) is 15.3. The van der Waals surface area contributed by atoms with Crippen molar-refractivity contribution in [1.82, 2.24) is 4.98 Å². The van der Waals surface area contributed by atoms with Gasteiger partial charge >= 0.3 is 5.97 Å². The summed E-state index contributed by atoms with van der Waals surface area (Å²) in [5, 5.41) is 15.3. The van der Waals surface area contributed by atoms with Gasteiger partial charge in [0.1, 0.15) is 5.41 Å². The van der Waals surface area contributed by atoms with Gasteiger partial charge in [0.05, 0.1) is 11.4 Å². The summed E-state index contributed by atoms with van der Waals surface area (Å²) in [4.78, 5) is 15.5. The Bertz CT molecular complexity index is 658. The van der Waals surface area contributed by atoms with E-state index in [9.17, 15) is 9.90 Å². The topological polar surface area (TPSA) is 62.2 Å². The zero-order valence-electron chi connectivity index (χ0n) is 10.8. The predicted octanol–water partition coefficient (Wildman–Crippen LogP) is 4.66. The van der Waals surface area contributed by atoms with Gasteiger partial charge in [-0.05, 0) is 48.0 Å². The van der Waals surface area contributed by atoms with Crippen LogP contribution in [0.3, 0.4) is 0 Å². The maximum atomic E-state index is 11.2. The lowest BCUT2D eigenvalue weighted by Gasteiger charge is -2.15. The van der Waals surface area contributed by atoms with Gasteiger partial charge in [-0.2, -0.15) is 0 Å². The van der Waals surface area contributed by atoms with Crippen molar-refractivity contribution in [2.24, 2.45) is 0 Å². The van der Waals surface area contributed by atoms with Gasteiger partial charge in [0.2, 0.25) is 0 Å². The first-order valence-electron chi connectivity index (χ1n) is 5.72. The van der Waals surface area contributed by atoms with Crippen LogP contribution in [0.1, 0.15) is 19.5 Å². The average Bonchev–Trinajstić information content (AvgIpc) is 2.83. The van der Waals surface area contributed by atoms with Crippen molar-refractivity contribution in [2.45, 2.75) is 19.3 Å². The Morgan fingerprint density at radius 2 is 2.20 bits per heavy atom. The molecule has 0 saturated heterocycles. The van der Waals surface area contributed by atoms with E-state index in [2.05, 4.69) is 26.2 Å². The molecular formula is C13H12BrClN2O2S. The van der Waals surface area contributed by atoms with Gasteiger partial charge in [-0.25, -0.2) is 4.98 Å². The molecule has 20 heavy (non-hydrogen) atoms. The molecule has 2 aromatic rings. The Morgan fingerprint density at radius 3 is 2.85 bits per heavy atom. The highest BCUT2D eigenvalue weighted by atomic mass is 79.9. The molecule has 0 aliphatic rings. The molecule has 106 valence electrons. The summed E-state index contributed by atoms with van der Waals surface area (Å²) in [6, 6.07) is 5.38. The molecule has 2 N–H and O–H groups in total. The van der Waals surface area contributed by atoms with Crippen molar-refractivity contribution in [3.8, 4) is 0 Å². The quantitative estimate of drug-likeness (QED) is 0.815. The van der Waals surface area contributed by atoms with Crippen LogP contribution >= 0.6 is 38.9 Å². The minimum absolute atomic E-state index is 0.524. The standard InChI is InChI=1S/C13H12BrClN2O2S/c1-13(2,11(18)19)10-6-20-12(17-10)16-9-5-7(15)3-4-8(9)14/h3-6H,1-2H3,(H,16,17)(H,18,19). The zero-order valence-corrected chi connectivity index (χ0v) is 13.9. The van der Waals surface area contributed by atoms with Crippen molar-refractivity contribution in [3.63, 3.8) is 0 Å². The van der Waals surface area contributed by atoms with E-state index < -0.39 is 11.4 Å². The maximum Gasteiger partial charge on any atom is 0.315 e. The van der Waals surface area contributed by atoms with E-state index in [-0.39, 0.29) is 0 Å². The second kappa shape index (κ2) is 5.71. The number of rotatable bonds is 4. The Hall–Kier alpha value is -1.11. The van der Waals surface area contributed by atoms with E-state index in [0.29, 0.717) is 15.8 Å². The van der Waals surface area contributed by atoms with Gasteiger partial charge in [0, 0.05) is 14.9 Å². The Morgan fingerprint density at radius 1 is 1.50 bits per heavy atom. The van der Waals surface area contributed by atoms with Gasteiger partial charge in [-0.3, -0.25) is 4.79 Å². The van der Waals surface area contributed by atoms with Crippen molar-refractivity contribution < 1.29 is 9.90 Å². The van der Waals surface area contributed by atoms with Crippen LogP contribution in [0.25, 0.3) is 0 Å². The summed E-state index contributed by atoms with van der Waals surface area (Å²) in [5.41, 5.74) is 0.296. The SMILES string of the molecule is CC(C)(C(=O)O)c1csc(Nc2cc(Cl)ccc2Br)n1. The lowest BCUT2D eigenvalue weighted by atomic mass is 9.90. The molecule has 0 atom stereocenters. The van der Waals surface area contributed by atoms with Gasteiger partial charge < -0.3 is 10.4 Å². The molecule has 4 nitrogen and oxygen atoms in total. The fourth-order valence-corrected chi connectivity index (χ4v) is 2.84. The highest BCUT2D eigenvalue weighted by molar-refractivity contribution is 9.10. The summed E-state index contributed by atoms with van der Waals surface area (Å²) in [7, 11) is 0. The molecule has 0 bridgehead atoms. The predicted molar refractivity (Wildman–Crippen MR) is 85.2 cm³/mol. The minimum atomic E-state index is -1.01. The molecule has 1 heterocycles. The number of halogens is 2. The Balaban J connectivity index is 2.26. The lowest BCUT2D eigenvalue weighted by molar-refractivity contribution is -0.142. The second-order valence-corrected chi connectivity index (χ2v) is 6.87. The zero-order chi connectivity index (χ0) is 14.9. The normalized spacial score (nSPS) is 11.4. The number of aromatic nitrogens is 1. The number of anilines is 2. The molecule has 1 aromatic carbocycles. The molecule has 7 heteroatoms. The Labute approximate surface area is 133 Å². The number of carbonyl (C=O) groups is 1. The van der Waals surface area contributed by atoms with E-state index in [4.69, 9.17) is 11.6 Å². The number of hydrogen-bond acceptors (Lipinski definition) is 4. The fraction of sp³-hybridized carbons (Fsp3) is 0.231. The van der Waals surface area contributed by atoms with Gasteiger partial charge in [0.15, 0.2) is 5.13 Å². The number of benzene rings is 1. The molecule has 0 spiro atoms. The van der Waals surface area contributed by atoms with E-state index in [1.165, 1.54) is 11.3 Å². The summed E-state index contributed by atoms with van der Waals surface area (Å²) in [6.45, 7) is 3.26. The molecule has 0 amide bonds. The van der Waals surface area contributed by atoms with Crippen LogP contribution in [-0.2, 0) is 10.2 Å². The van der Waals surface area contributed by atoms with E-state index in [1.807, 2.05) is 6.07 Å². The largest absolute Gasteiger partial charge is 0.481 e. The van der Waals surface area contributed by atoms with E-state index in [1.54, 1.807) is 31.4 Å². The summed E-state index contributed by atoms with van der Waals surface area (Å²) in [5.74, 6) is -0.904. The molecule has 2 rings (SSSR count). The molecule has 0 saturated carbocycles. The minimum Gasteiger partial charge on any atom is -0.481 e. The van der Waals surface area contributed by atoms with Crippen LogP contribution in [-0.4, -0.2) is 16.1 Å². The lowest BCUT2D eigenvalue weighted by Crippen LogP contribution is -2.28. The van der Waals surface area contributed by atoms with Crippen LogP contribution in [0.2, 0.25) is 5.02 Å². The second-order valence-electron chi connectivity index (χ2n) is 4.72. The number of carboxylic acid groups (broad SMARTS) is 1. The molecule has 0 radical (unpaired) electrons. The Kier molecular flexibility index (Phi) is 4.36. The average molecular weight is 376 g/mol. The van der Waals surface area contributed by atoms with E-state index in [0.717, 1.165) is 10.2 Å². The van der Waals surface area contributed by atoms with Crippen LogP contribution in [0.15, 0.2) is 28.1 Å². The molecule has 0 aliphatic carbocycles. The fourth-order valence-electron chi connectivity index (χ4n) is 1.44. The first-order chi connectivity index (χ1) is 9.30. The van der Waals surface area contributed by atoms with Crippen molar-refractivity contribution >= 4 is 55.7 Å². The maximum absolute atomic E-state index is 11.2. The van der Waals surface area contributed by atoms with E-state index >= 15 is 0 Å². The number of carboxylic acids is 1. The third-order valence-electron chi connectivity index (χ3n) is 2.85. The monoisotopic (exact) mass is 374 g/mol. The van der Waals surface area contributed by atoms with Gasteiger partial charge in [0.25, 0.3) is 0 Å². The van der Waals surface area contributed by atoms with Crippen molar-refractivity contribution in [3.05, 3.63) is 38.8 Å². The number of nitrogens with zero attached hydrogens (tertiary/aromatic N) is 1. The smallest absolute Gasteiger partial charge is 0.315 e.